The Kier molecular flexibility index (Phi) is 6.28. The summed E-state index contributed by atoms with van der Waals surface area (Å²) in [7, 11) is 1.50. The number of hydrogen-bond acceptors (Lipinski definition) is 4. The fraction of sp³-hybridized carbons (Fsp3) is 0.375. The molecule has 6 nitrogen and oxygen atoms in total. The van der Waals surface area contributed by atoms with Crippen LogP contribution in [0.15, 0.2) is 41.6 Å². The molecule has 0 bridgehead atoms. The van der Waals surface area contributed by atoms with Crippen molar-refractivity contribution in [3.05, 3.63) is 64.1 Å². The molecule has 31 heavy (non-hydrogen) atoms. The molecule has 2 aromatic heterocycles. The maximum atomic E-state index is 13.2. The van der Waals surface area contributed by atoms with Gasteiger partial charge in [-0.25, -0.2) is 4.98 Å². The summed E-state index contributed by atoms with van der Waals surface area (Å²) in [4.78, 5) is 30.1. The van der Waals surface area contributed by atoms with Gasteiger partial charge in [-0.05, 0) is 62.7 Å². The number of anilines is 1. The normalized spacial score (nSPS) is 17.6. The Morgan fingerprint density at radius 2 is 2.13 bits per heavy atom. The average molecular weight is 440 g/mol. The highest BCUT2D eigenvalue weighted by atomic mass is 35.5. The minimum Gasteiger partial charge on any atom is -0.481 e. The van der Waals surface area contributed by atoms with Crippen LogP contribution in [-0.2, 0) is 24.2 Å². The molecule has 1 amide bonds. The lowest BCUT2D eigenvalue weighted by Gasteiger charge is -2.21. The van der Waals surface area contributed by atoms with E-state index in [1.165, 1.54) is 19.0 Å². The summed E-state index contributed by atoms with van der Waals surface area (Å²) in [5, 5.41) is 3.46. The number of hydrogen-bond donors (Lipinski definition) is 1. The predicted molar refractivity (Wildman–Crippen MR) is 121 cm³/mol. The van der Waals surface area contributed by atoms with Crippen LogP contribution in [0.3, 0.4) is 0 Å². The number of allylic oxidation sites excluding steroid dienone is 4. The quantitative estimate of drug-likeness (QED) is 0.527. The summed E-state index contributed by atoms with van der Waals surface area (Å²) >= 11 is 6.06. The molecule has 2 aliphatic carbocycles. The molecule has 1 unspecified atom stereocenters. The first-order valence-electron chi connectivity index (χ1n) is 10.6. The van der Waals surface area contributed by atoms with E-state index in [9.17, 15) is 9.59 Å². The number of pyridine rings is 1. The Labute approximate surface area is 187 Å². The van der Waals surface area contributed by atoms with Gasteiger partial charge in [0.15, 0.2) is 0 Å². The molecule has 1 atom stereocenters. The molecule has 0 spiro atoms. The summed E-state index contributed by atoms with van der Waals surface area (Å²) in [6.07, 6.45) is 12.4. The minimum absolute atomic E-state index is 0.320. The van der Waals surface area contributed by atoms with Crippen molar-refractivity contribution < 1.29 is 14.3 Å². The Morgan fingerprint density at radius 1 is 1.32 bits per heavy atom. The SMILES string of the molecule is COc1cc(NC(=O)C(=O)c2c3c(n(CC4C=CC(Cl)=CC4)c2C)CCCC3)ccn1. The van der Waals surface area contributed by atoms with E-state index in [0.29, 0.717) is 23.0 Å². The summed E-state index contributed by atoms with van der Waals surface area (Å²) in [6, 6.07) is 3.22. The highest BCUT2D eigenvalue weighted by molar-refractivity contribution is 6.47. The number of nitrogens with zero attached hydrogens (tertiary/aromatic N) is 2. The molecule has 2 aliphatic rings. The van der Waals surface area contributed by atoms with Gasteiger partial charge in [-0.1, -0.05) is 23.8 Å². The maximum absolute atomic E-state index is 13.2. The molecule has 162 valence electrons. The van der Waals surface area contributed by atoms with E-state index in [2.05, 4.69) is 20.9 Å². The molecule has 0 aliphatic heterocycles. The molecule has 4 rings (SSSR count). The standard InChI is InChI=1S/C24H26ClN3O3/c1-15-22(23(29)24(30)27-18-11-12-26-21(13-18)31-2)19-5-3-4-6-20(19)28(15)14-16-7-9-17(25)10-8-16/h7,9-13,16H,3-6,8,14H2,1-2H3,(H,26,27,30). The molecular weight excluding hydrogens is 414 g/mol. The van der Waals surface area contributed by atoms with Crippen LogP contribution in [-0.4, -0.2) is 28.4 Å². The Balaban J connectivity index is 1.61. The van der Waals surface area contributed by atoms with E-state index >= 15 is 0 Å². The van der Waals surface area contributed by atoms with Crippen molar-refractivity contribution >= 4 is 29.0 Å². The third kappa shape index (κ3) is 4.44. The molecule has 2 heterocycles. The first-order chi connectivity index (χ1) is 15.0. The fourth-order valence-corrected chi connectivity index (χ4v) is 4.63. The Bertz CT molecular complexity index is 1080. The number of rotatable bonds is 6. The largest absolute Gasteiger partial charge is 0.481 e. The fourth-order valence-electron chi connectivity index (χ4n) is 4.47. The van der Waals surface area contributed by atoms with Crippen LogP contribution < -0.4 is 10.1 Å². The number of aromatic nitrogens is 2. The second-order valence-electron chi connectivity index (χ2n) is 8.02. The van der Waals surface area contributed by atoms with Crippen LogP contribution >= 0.6 is 11.6 Å². The second-order valence-corrected chi connectivity index (χ2v) is 8.45. The smallest absolute Gasteiger partial charge is 0.296 e. The van der Waals surface area contributed by atoms with Crippen LogP contribution in [0, 0.1) is 12.8 Å². The Morgan fingerprint density at radius 3 is 2.87 bits per heavy atom. The van der Waals surface area contributed by atoms with Crippen molar-refractivity contribution in [1.82, 2.24) is 9.55 Å². The molecule has 0 aromatic carbocycles. The second kappa shape index (κ2) is 9.10. The van der Waals surface area contributed by atoms with Crippen LogP contribution in [0.2, 0.25) is 0 Å². The number of methoxy groups -OCH3 is 1. The van der Waals surface area contributed by atoms with E-state index < -0.39 is 11.7 Å². The van der Waals surface area contributed by atoms with Gasteiger partial charge in [-0.15, -0.1) is 0 Å². The number of ketones is 1. The van der Waals surface area contributed by atoms with Gasteiger partial charge in [0.05, 0.1) is 12.7 Å². The topological polar surface area (TPSA) is 73.2 Å². The third-order valence-corrected chi connectivity index (χ3v) is 6.31. The highest BCUT2D eigenvalue weighted by Gasteiger charge is 2.30. The van der Waals surface area contributed by atoms with Gasteiger partial charge >= 0.3 is 0 Å². The zero-order valence-electron chi connectivity index (χ0n) is 17.8. The summed E-state index contributed by atoms with van der Waals surface area (Å²) < 4.78 is 7.33. The molecule has 0 fully saturated rings. The number of carbonyl (C=O) groups is 2. The first kappa shape index (κ1) is 21.4. The number of ether oxygens (including phenoxy) is 1. The maximum Gasteiger partial charge on any atom is 0.296 e. The monoisotopic (exact) mass is 439 g/mol. The highest BCUT2D eigenvalue weighted by Crippen LogP contribution is 2.32. The van der Waals surface area contributed by atoms with Gasteiger partial charge in [0.2, 0.25) is 5.88 Å². The van der Waals surface area contributed by atoms with E-state index in [4.69, 9.17) is 16.3 Å². The summed E-state index contributed by atoms with van der Waals surface area (Å²) in [5.41, 5.74) is 4.13. The van der Waals surface area contributed by atoms with Gasteiger partial charge in [0, 0.05) is 40.9 Å². The number of carbonyl (C=O) groups excluding carboxylic acids is 2. The van der Waals surface area contributed by atoms with Crippen LogP contribution in [0.4, 0.5) is 5.69 Å². The number of fused-ring (bicyclic) bond motifs is 1. The zero-order chi connectivity index (χ0) is 22.0. The lowest BCUT2D eigenvalue weighted by Crippen LogP contribution is -2.24. The van der Waals surface area contributed by atoms with E-state index in [0.717, 1.165) is 54.9 Å². The summed E-state index contributed by atoms with van der Waals surface area (Å²) in [6.45, 7) is 2.73. The lowest BCUT2D eigenvalue weighted by atomic mass is 9.92. The van der Waals surface area contributed by atoms with Gasteiger partial charge in [0.25, 0.3) is 11.7 Å². The van der Waals surface area contributed by atoms with Crippen LogP contribution in [0.5, 0.6) is 5.88 Å². The molecule has 2 aromatic rings. The minimum atomic E-state index is -0.644. The zero-order valence-corrected chi connectivity index (χ0v) is 18.5. The molecule has 7 heteroatoms. The van der Waals surface area contributed by atoms with Crippen molar-refractivity contribution in [2.24, 2.45) is 5.92 Å². The number of nitrogens with one attached hydrogen (secondary N) is 1. The van der Waals surface area contributed by atoms with Crippen molar-refractivity contribution in [2.45, 2.75) is 45.6 Å². The molecule has 0 saturated carbocycles. The van der Waals surface area contributed by atoms with Gasteiger partial charge in [-0.3, -0.25) is 9.59 Å². The third-order valence-electron chi connectivity index (χ3n) is 6.03. The number of amides is 1. The van der Waals surface area contributed by atoms with Gasteiger partial charge in [-0.2, -0.15) is 0 Å². The van der Waals surface area contributed by atoms with Gasteiger partial charge in [0.1, 0.15) is 0 Å². The van der Waals surface area contributed by atoms with Gasteiger partial charge < -0.3 is 14.6 Å². The lowest BCUT2D eigenvalue weighted by molar-refractivity contribution is -0.112. The van der Waals surface area contributed by atoms with Crippen LogP contribution in [0.1, 0.15) is 46.6 Å². The Hall–Kier alpha value is -2.86. The van der Waals surface area contributed by atoms with Crippen molar-refractivity contribution in [1.29, 1.82) is 0 Å². The van der Waals surface area contributed by atoms with E-state index in [1.54, 1.807) is 12.1 Å². The molecule has 1 N–H and O–H groups in total. The molecular formula is C24H26ClN3O3. The van der Waals surface area contributed by atoms with E-state index in [1.807, 2.05) is 19.1 Å². The van der Waals surface area contributed by atoms with Crippen molar-refractivity contribution in [2.75, 3.05) is 12.4 Å². The van der Waals surface area contributed by atoms with E-state index in [-0.39, 0.29) is 0 Å². The number of halogens is 1. The van der Waals surface area contributed by atoms with Crippen molar-refractivity contribution in [3.8, 4) is 5.88 Å². The molecule has 0 radical (unpaired) electrons. The van der Waals surface area contributed by atoms with Crippen LogP contribution in [0.25, 0.3) is 0 Å². The number of Topliss-reactive ketones (excluding diaryl/α,β-unsaturated/α-hetero) is 1. The summed E-state index contributed by atoms with van der Waals surface area (Å²) in [5.74, 6) is -0.443. The average Bonchev–Trinajstić information content (AvgIpc) is 3.06. The molecule has 0 saturated heterocycles. The predicted octanol–water partition coefficient (Wildman–Crippen LogP) is 4.60. The first-order valence-corrected chi connectivity index (χ1v) is 11.0. The van der Waals surface area contributed by atoms with Crippen molar-refractivity contribution in [3.63, 3.8) is 0 Å².